The van der Waals surface area contributed by atoms with Crippen molar-refractivity contribution < 1.29 is 4.79 Å². The lowest BCUT2D eigenvalue weighted by Crippen LogP contribution is -2.48. The van der Waals surface area contributed by atoms with Gasteiger partial charge in [-0.25, -0.2) is 9.50 Å². The van der Waals surface area contributed by atoms with Crippen LogP contribution in [0.1, 0.15) is 33.6 Å². The van der Waals surface area contributed by atoms with Crippen LogP contribution in [0.15, 0.2) is 53.7 Å². The molecule has 40 heavy (non-hydrogen) atoms. The van der Waals surface area contributed by atoms with Gasteiger partial charge in [0.1, 0.15) is 0 Å². The number of amides is 1. The number of nitrogens with one attached hydrogen (secondary N) is 1. The van der Waals surface area contributed by atoms with E-state index in [-0.39, 0.29) is 11.7 Å². The largest absolute Gasteiger partial charge is 0.354 e. The SMILES string of the molecule is Cc1ccc(Cc2c(C)nc3nc(SCC(=O)NCCN4CCN(Cc5ccc(Cl)cc5)CC4)nn3c2C)cc1. The average molecular weight is 578 g/mol. The number of hydrogen-bond donors (Lipinski definition) is 1. The Labute approximate surface area is 245 Å². The number of benzene rings is 2. The fourth-order valence-corrected chi connectivity index (χ4v) is 5.74. The minimum Gasteiger partial charge on any atom is -0.354 e. The molecule has 2 aromatic heterocycles. The van der Waals surface area contributed by atoms with Crippen LogP contribution in [0.25, 0.3) is 5.78 Å². The molecule has 5 rings (SSSR count). The topological polar surface area (TPSA) is 78.7 Å². The van der Waals surface area contributed by atoms with Gasteiger partial charge in [0.05, 0.1) is 5.75 Å². The predicted molar refractivity (Wildman–Crippen MR) is 161 cm³/mol. The number of piperazine rings is 1. The summed E-state index contributed by atoms with van der Waals surface area (Å²) >= 11 is 7.34. The van der Waals surface area contributed by atoms with E-state index in [2.05, 4.69) is 75.4 Å². The van der Waals surface area contributed by atoms with Crippen molar-refractivity contribution in [3.8, 4) is 0 Å². The van der Waals surface area contributed by atoms with Gasteiger partial charge in [-0.3, -0.25) is 14.6 Å². The second-order valence-corrected chi connectivity index (χ2v) is 11.8. The molecule has 0 atom stereocenters. The minimum atomic E-state index is -0.00819. The monoisotopic (exact) mass is 577 g/mol. The van der Waals surface area contributed by atoms with Crippen molar-refractivity contribution in [2.45, 2.75) is 38.9 Å². The highest BCUT2D eigenvalue weighted by Gasteiger charge is 2.18. The van der Waals surface area contributed by atoms with Gasteiger partial charge in [-0.15, -0.1) is 5.10 Å². The van der Waals surface area contributed by atoms with Gasteiger partial charge in [-0.1, -0.05) is 65.3 Å². The van der Waals surface area contributed by atoms with E-state index in [9.17, 15) is 4.79 Å². The van der Waals surface area contributed by atoms with Crippen LogP contribution in [0.3, 0.4) is 0 Å². The molecule has 4 aromatic rings. The van der Waals surface area contributed by atoms with Gasteiger partial charge in [0.2, 0.25) is 11.1 Å². The van der Waals surface area contributed by atoms with Crippen molar-refractivity contribution in [2.75, 3.05) is 45.0 Å². The first-order chi connectivity index (χ1) is 19.3. The van der Waals surface area contributed by atoms with Gasteiger partial charge in [0.25, 0.3) is 5.78 Å². The molecule has 1 aliphatic rings. The van der Waals surface area contributed by atoms with Crippen LogP contribution in [-0.4, -0.2) is 80.3 Å². The van der Waals surface area contributed by atoms with E-state index in [1.54, 1.807) is 4.52 Å². The molecule has 10 heteroatoms. The Morgan fingerprint density at radius 2 is 1.60 bits per heavy atom. The molecule has 1 N–H and O–H groups in total. The molecule has 1 amide bonds. The number of nitrogens with zero attached hydrogens (tertiary/aromatic N) is 6. The summed E-state index contributed by atoms with van der Waals surface area (Å²) in [5.74, 6) is 0.840. The molecule has 210 valence electrons. The zero-order valence-electron chi connectivity index (χ0n) is 23.4. The maximum Gasteiger partial charge on any atom is 0.253 e. The summed E-state index contributed by atoms with van der Waals surface area (Å²) in [5, 5.41) is 9.03. The highest BCUT2D eigenvalue weighted by molar-refractivity contribution is 7.99. The summed E-state index contributed by atoms with van der Waals surface area (Å²) in [6, 6.07) is 16.6. The molecule has 0 radical (unpaired) electrons. The molecular formula is C30H36ClN7OS. The van der Waals surface area contributed by atoms with E-state index >= 15 is 0 Å². The molecule has 1 fully saturated rings. The first kappa shape index (κ1) is 28.5. The number of carbonyl (C=O) groups is 1. The molecule has 1 aliphatic heterocycles. The Morgan fingerprint density at radius 1 is 0.925 bits per heavy atom. The van der Waals surface area contributed by atoms with Gasteiger partial charge in [0.15, 0.2) is 0 Å². The molecule has 0 saturated carbocycles. The molecule has 2 aromatic carbocycles. The maximum atomic E-state index is 12.5. The fourth-order valence-electron chi connectivity index (χ4n) is 4.97. The summed E-state index contributed by atoms with van der Waals surface area (Å²) in [6.45, 7) is 12.6. The lowest BCUT2D eigenvalue weighted by atomic mass is 10.0. The van der Waals surface area contributed by atoms with E-state index in [1.165, 1.54) is 28.5 Å². The van der Waals surface area contributed by atoms with Crippen LogP contribution in [0.5, 0.6) is 0 Å². The zero-order chi connectivity index (χ0) is 28.1. The summed E-state index contributed by atoms with van der Waals surface area (Å²) in [4.78, 5) is 26.6. The molecule has 0 unspecified atom stereocenters. The van der Waals surface area contributed by atoms with Crippen LogP contribution >= 0.6 is 23.4 Å². The summed E-state index contributed by atoms with van der Waals surface area (Å²) in [5.41, 5.74) is 6.91. The van der Waals surface area contributed by atoms with E-state index in [0.717, 1.165) is 67.7 Å². The zero-order valence-corrected chi connectivity index (χ0v) is 24.9. The number of carbonyl (C=O) groups excluding carboxylic acids is 1. The highest BCUT2D eigenvalue weighted by atomic mass is 35.5. The van der Waals surface area contributed by atoms with E-state index in [4.69, 9.17) is 16.6 Å². The van der Waals surface area contributed by atoms with Crippen molar-refractivity contribution >= 4 is 35.0 Å². The molecule has 0 bridgehead atoms. The van der Waals surface area contributed by atoms with Crippen molar-refractivity contribution in [2.24, 2.45) is 0 Å². The predicted octanol–water partition coefficient (Wildman–Crippen LogP) is 4.32. The molecule has 8 nitrogen and oxygen atoms in total. The van der Waals surface area contributed by atoms with Crippen molar-refractivity contribution in [1.82, 2.24) is 34.7 Å². The molecular weight excluding hydrogens is 542 g/mol. The third kappa shape index (κ3) is 7.40. The van der Waals surface area contributed by atoms with Gasteiger partial charge >= 0.3 is 0 Å². The maximum absolute atomic E-state index is 12.5. The van der Waals surface area contributed by atoms with Crippen LogP contribution in [0, 0.1) is 20.8 Å². The Kier molecular flexibility index (Phi) is 9.36. The lowest BCUT2D eigenvalue weighted by molar-refractivity contribution is -0.118. The number of aromatic nitrogens is 4. The third-order valence-electron chi connectivity index (χ3n) is 7.40. The summed E-state index contributed by atoms with van der Waals surface area (Å²) in [7, 11) is 0. The molecule has 1 saturated heterocycles. The minimum absolute atomic E-state index is 0.00819. The summed E-state index contributed by atoms with van der Waals surface area (Å²) < 4.78 is 1.79. The quantitative estimate of drug-likeness (QED) is 0.281. The first-order valence-electron chi connectivity index (χ1n) is 13.7. The number of fused-ring (bicyclic) bond motifs is 1. The van der Waals surface area contributed by atoms with Crippen molar-refractivity contribution in [3.05, 3.63) is 87.2 Å². The standard InChI is InChI=1S/C30H36ClN7OS/c1-21-4-6-24(7-5-21)18-27-22(2)33-29-34-30(35-38(29)23(27)3)40-20-28(39)32-12-13-36-14-16-37(17-15-36)19-25-8-10-26(31)11-9-25/h4-11H,12-20H2,1-3H3,(H,32,39). The van der Waals surface area contributed by atoms with E-state index in [1.807, 2.05) is 19.1 Å². The second-order valence-electron chi connectivity index (χ2n) is 10.4. The van der Waals surface area contributed by atoms with Gasteiger partial charge in [-0.05, 0) is 49.6 Å². The smallest absolute Gasteiger partial charge is 0.253 e. The highest BCUT2D eigenvalue weighted by Crippen LogP contribution is 2.21. The van der Waals surface area contributed by atoms with Gasteiger partial charge in [0, 0.05) is 68.6 Å². The van der Waals surface area contributed by atoms with E-state index < -0.39 is 0 Å². The van der Waals surface area contributed by atoms with Crippen LogP contribution in [0.2, 0.25) is 5.02 Å². The number of thioether (sulfide) groups is 1. The second kappa shape index (κ2) is 13.1. The Hall–Kier alpha value is -2.98. The fraction of sp³-hybridized carbons (Fsp3) is 0.400. The Bertz CT molecular complexity index is 1450. The first-order valence-corrected chi connectivity index (χ1v) is 15.1. The average Bonchev–Trinajstić information content (AvgIpc) is 3.36. The number of halogens is 1. The summed E-state index contributed by atoms with van der Waals surface area (Å²) in [6.07, 6.45) is 0.795. The van der Waals surface area contributed by atoms with Crippen LogP contribution < -0.4 is 5.32 Å². The van der Waals surface area contributed by atoms with Gasteiger partial charge < -0.3 is 5.32 Å². The molecule has 3 heterocycles. The Balaban J connectivity index is 1.06. The normalized spacial score (nSPS) is 14.6. The lowest BCUT2D eigenvalue weighted by Gasteiger charge is -2.34. The number of aryl methyl sites for hydroxylation is 3. The van der Waals surface area contributed by atoms with Crippen LogP contribution in [-0.2, 0) is 17.8 Å². The molecule has 0 aliphatic carbocycles. The van der Waals surface area contributed by atoms with Gasteiger partial charge in [-0.2, -0.15) is 4.98 Å². The van der Waals surface area contributed by atoms with Crippen LogP contribution in [0.4, 0.5) is 0 Å². The van der Waals surface area contributed by atoms with Crippen molar-refractivity contribution in [3.63, 3.8) is 0 Å². The Morgan fingerprint density at radius 3 is 2.33 bits per heavy atom. The number of rotatable bonds is 10. The third-order valence-corrected chi connectivity index (χ3v) is 8.49. The van der Waals surface area contributed by atoms with Crippen molar-refractivity contribution in [1.29, 1.82) is 0 Å². The van der Waals surface area contributed by atoms with E-state index in [0.29, 0.717) is 17.5 Å². The molecule has 0 spiro atoms. The number of hydrogen-bond acceptors (Lipinski definition) is 7.